The summed E-state index contributed by atoms with van der Waals surface area (Å²) in [5.41, 5.74) is 0.460. The second kappa shape index (κ2) is 4.48. The lowest BCUT2D eigenvalue weighted by molar-refractivity contribution is -0.158. The van der Waals surface area contributed by atoms with Gasteiger partial charge in [0.25, 0.3) is 5.24 Å². The molecule has 6 heteroatoms. The van der Waals surface area contributed by atoms with E-state index in [1.807, 2.05) is 0 Å². The number of thiol groups is 1. The van der Waals surface area contributed by atoms with Crippen molar-refractivity contribution >= 4 is 23.6 Å². The summed E-state index contributed by atoms with van der Waals surface area (Å²) in [6.07, 6.45) is -3.21. The van der Waals surface area contributed by atoms with Gasteiger partial charge < -0.3 is 10.1 Å². The number of carbonyl (C=O) groups excluding carboxylic acids is 1. The van der Waals surface area contributed by atoms with Crippen molar-refractivity contribution in [1.82, 2.24) is 0 Å². The Balaban J connectivity index is 2.68. The highest BCUT2D eigenvalue weighted by Crippen LogP contribution is 2.22. The molecule has 0 aliphatic rings. The molecule has 1 N–H and O–H groups in total. The third-order valence-corrected chi connectivity index (χ3v) is 1.51. The molecule has 3 nitrogen and oxygen atoms in total. The van der Waals surface area contributed by atoms with Crippen molar-refractivity contribution in [3.05, 3.63) is 24.3 Å². The summed E-state index contributed by atoms with van der Waals surface area (Å²) in [6, 6.07) is 5.54. The fraction of sp³-hybridized carbons (Fsp3) is 0.222. The smallest absolute Gasteiger partial charge is 0.394 e. The van der Waals surface area contributed by atoms with Gasteiger partial charge in [0.05, 0.1) is 0 Å². The van der Waals surface area contributed by atoms with Gasteiger partial charge in [0.1, 0.15) is 5.75 Å². The van der Waals surface area contributed by atoms with Crippen LogP contribution >= 0.6 is 12.6 Å². The van der Waals surface area contributed by atoms with Crippen LogP contribution in [0.15, 0.2) is 24.3 Å². The van der Waals surface area contributed by atoms with Crippen molar-refractivity contribution in [1.29, 1.82) is 0 Å². The van der Waals surface area contributed by atoms with Gasteiger partial charge in [0.2, 0.25) is 0 Å². The zero-order chi connectivity index (χ0) is 11.5. The molecule has 0 aliphatic carbocycles. The maximum Gasteiger partial charge on any atom is 0.394 e. The zero-order valence-corrected chi connectivity index (χ0v) is 8.72. The molecule has 15 heavy (non-hydrogen) atoms. The molecule has 0 bridgehead atoms. The Morgan fingerprint density at radius 2 is 1.93 bits per heavy atom. The molecule has 0 fully saturated rings. The van der Waals surface area contributed by atoms with E-state index in [-0.39, 0.29) is 5.75 Å². The number of hydrogen-bond acceptors (Lipinski definition) is 2. The first-order valence-electron chi connectivity index (χ1n) is 4.04. The molecule has 1 amide bonds. The largest absolute Gasteiger partial charge is 0.433 e. The Hall–Kier alpha value is -1.30. The first-order valence-corrected chi connectivity index (χ1v) is 4.48. The van der Waals surface area contributed by atoms with Crippen molar-refractivity contribution in [3.63, 3.8) is 0 Å². The Morgan fingerprint density at radius 3 is 2.33 bits per heavy atom. The first kappa shape index (κ1) is 11.8. The third-order valence-electron chi connectivity index (χ3n) is 1.40. The molecule has 0 aromatic heterocycles. The van der Waals surface area contributed by atoms with Gasteiger partial charge in [-0.3, -0.25) is 4.79 Å². The summed E-state index contributed by atoms with van der Waals surface area (Å²) in [4.78, 5) is 10.5. The van der Waals surface area contributed by atoms with E-state index in [1.165, 1.54) is 24.3 Å². The molecule has 0 spiro atoms. The Bertz CT molecular complexity index is 348. The highest BCUT2D eigenvalue weighted by Gasteiger charge is 2.22. The summed E-state index contributed by atoms with van der Waals surface area (Å²) in [7, 11) is 0. The Morgan fingerprint density at radius 1 is 1.40 bits per heavy atom. The van der Waals surface area contributed by atoms with E-state index < -0.39 is 11.3 Å². The summed E-state index contributed by atoms with van der Waals surface area (Å²) in [5, 5.41) is 1.85. The van der Waals surface area contributed by atoms with E-state index in [0.717, 1.165) is 0 Å². The molecular formula is C9H9F2NO2S. The second-order valence-electron chi connectivity index (χ2n) is 2.86. The summed E-state index contributed by atoms with van der Waals surface area (Å²) >= 11 is 3.50. The van der Waals surface area contributed by atoms with Gasteiger partial charge in [-0.2, -0.15) is 8.78 Å². The van der Waals surface area contributed by atoms with Crippen molar-refractivity contribution < 1.29 is 18.3 Å². The van der Waals surface area contributed by atoms with E-state index in [2.05, 4.69) is 22.7 Å². The highest BCUT2D eigenvalue weighted by molar-refractivity contribution is 7.96. The minimum Gasteiger partial charge on any atom is -0.433 e. The quantitative estimate of drug-likeness (QED) is 0.787. The lowest BCUT2D eigenvalue weighted by atomic mass is 10.3. The standard InChI is InChI=1S/C9H9F2NO2S/c1-9(10,11)14-7-4-2-6(3-5-7)12-8(13)15/h2-5H,1H3,(H2,12,13,15). The summed E-state index contributed by atoms with van der Waals surface area (Å²) < 4.78 is 29.1. The van der Waals surface area contributed by atoms with E-state index in [0.29, 0.717) is 12.6 Å². The molecule has 0 aliphatic heterocycles. The fourth-order valence-electron chi connectivity index (χ4n) is 0.937. The number of ether oxygens (including phenoxy) is 1. The zero-order valence-electron chi connectivity index (χ0n) is 7.83. The fourth-order valence-corrected chi connectivity index (χ4v) is 1.07. The summed E-state index contributed by atoms with van der Waals surface area (Å²) in [6.45, 7) is 0.649. The highest BCUT2D eigenvalue weighted by atomic mass is 32.1. The number of carbonyl (C=O) groups is 1. The number of amides is 1. The molecule has 0 unspecified atom stereocenters. The van der Waals surface area contributed by atoms with Crippen LogP contribution in [0.5, 0.6) is 5.75 Å². The molecule has 0 saturated carbocycles. The third kappa shape index (κ3) is 4.64. The van der Waals surface area contributed by atoms with Crippen LogP contribution in [0.1, 0.15) is 6.92 Å². The van der Waals surface area contributed by atoms with Gasteiger partial charge >= 0.3 is 6.11 Å². The van der Waals surface area contributed by atoms with Crippen LogP contribution in [0, 0.1) is 0 Å². The second-order valence-corrected chi connectivity index (χ2v) is 3.27. The average Bonchev–Trinajstić information content (AvgIpc) is 2.05. The lowest BCUT2D eigenvalue weighted by Crippen LogP contribution is -2.19. The molecule has 0 radical (unpaired) electrons. The number of rotatable bonds is 3. The lowest BCUT2D eigenvalue weighted by Gasteiger charge is -2.13. The van der Waals surface area contributed by atoms with Gasteiger partial charge in [-0.1, -0.05) is 12.6 Å². The number of nitrogens with one attached hydrogen (secondary N) is 1. The number of benzene rings is 1. The van der Waals surface area contributed by atoms with Crippen molar-refractivity contribution in [3.8, 4) is 5.75 Å². The van der Waals surface area contributed by atoms with Crippen molar-refractivity contribution in [2.75, 3.05) is 5.32 Å². The maximum atomic E-state index is 12.4. The van der Waals surface area contributed by atoms with E-state index >= 15 is 0 Å². The van der Waals surface area contributed by atoms with Crippen LogP contribution in [0.3, 0.4) is 0 Å². The Labute approximate surface area is 90.8 Å². The number of halogens is 2. The SMILES string of the molecule is CC(F)(F)Oc1ccc(NC(=O)S)cc1. The van der Waals surface area contributed by atoms with Gasteiger partial charge in [-0.15, -0.1) is 0 Å². The van der Waals surface area contributed by atoms with Gasteiger partial charge in [-0.25, -0.2) is 0 Å². The number of alkyl halides is 2. The first-order chi connectivity index (χ1) is 6.87. The number of anilines is 1. The monoisotopic (exact) mass is 233 g/mol. The number of hydrogen-bond donors (Lipinski definition) is 2. The van der Waals surface area contributed by atoms with Crippen LogP contribution in [0.4, 0.5) is 19.3 Å². The van der Waals surface area contributed by atoms with Crippen LogP contribution in [0.25, 0.3) is 0 Å². The van der Waals surface area contributed by atoms with Gasteiger partial charge in [0, 0.05) is 12.6 Å². The minimum atomic E-state index is -3.21. The van der Waals surface area contributed by atoms with Crippen LogP contribution in [-0.2, 0) is 0 Å². The predicted molar refractivity (Wildman–Crippen MR) is 55.7 cm³/mol. The molecule has 1 aromatic carbocycles. The van der Waals surface area contributed by atoms with E-state index in [1.54, 1.807) is 0 Å². The van der Waals surface area contributed by atoms with Gasteiger partial charge in [0.15, 0.2) is 0 Å². The molecule has 1 aromatic rings. The van der Waals surface area contributed by atoms with Crippen LogP contribution in [-0.4, -0.2) is 11.3 Å². The Kier molecular flexibility index (Phi) is 3.52. The molecule has 1 rings (SSSR count). The van der Waals surface area contributed by atoms with Crippen LogP contribution < -0.4 is 10.1 Å². The predicted octanol–water partition coefficient (Wildman–Crippen LogP) is 3.14. The topological polar surface area (TPSA) is 38.3 Å². The van der Waals surface area contributed by atoms with Crippen LogP contribution in [0.2, 0.25) is 0 Å². The normalized spacial score (nSPS) is 10.9. The van der Waals surface area contributed by atoms with E-state index in [4.69, 9.17) is 0 Å². The van der Waals surface area contributed by atoms with Crippen molar-refractivity contribution in [2.45, 2.75) is 13.0 Å². The molecule has 0 saturated heterocycles. The maximum absolute atomic E-state index is 12.4. The molecular weight excluding hydrogens is 224 g/mol. The minimum absolute atomic E-state index is 0.0275. The molecule has 0 heterocycles. The molecule has 82 valence electrons. The van der Waals surface area contributed by atoms with E-state index in [9.17, 15) is 13.6 Å². The molecule has 0 atom stereocenters. The summed E-state index contributed by atoms with van der Waals surface area (Å²) in [5.74, 6) is 0.0275. The van der Waals surface area contributed by atoms with Gasteiger partial charge in [-0.05, 0) is 24.3 Å². The van der Waals surface area contributed by atoms with Crippen molar-refractivity contribution in [2.24, 2.45) is 0 Å². The average molecular weight is 233 g/mol.